The van der Waals surface area contributed by atoms with Gasteiger partial charge in [0.25, 0.3) is 0 Å². The van der Waals surface area contributed by atoms with Crippen molar-refractivity contribution < 1.29 is 23.0 Å². The van der Waals surface area contributed by atoms with Crippen molar-refractivity contribution in [3.8, 4) is 28.0 Å². The predicted octanol–water partition coefficient (Wildman–Crippen LogP) is 10.1. The SMILES string of the molecule is CC(C)(C)[CH]=[Mo]=[N]C12CC3CC(CC(C3)C1)C2.Cc1ccc(C)[n-]1.Oc1c(-c2ccccc2)cccc1-c1ccccc1. The van der Waals surface area contributed by atoms with Crippen LogP contribution < -0.4 is 4.98 Å². The molecule has 3 aromatic carbocycles. The quantitative estimate of drug-likeness (QED) is 0.223. The summed E-state index contributed by atoms with van der Waals surface area (Å²) in [6, 6.07) is 29.7. The van der Waals surface area contributed by atoms with E-state index in [0.717, 1.165) is 51.4 Å². The van der Waals surface area contributed by atoms with E-state index in [1.54, 1.807) is 0 Å². The summed E-state index contributed by atoms with van der Waals surface area (Å²) < 4.78 is 7.80. The van der Waals surface area contributed by atoms with E-state index in [0.29, 0.717) is 16.7 Å². The topological polar surface area (TPSA) is 46.7 Å². The molecule has 4 aliphatic carbocycles. The van der Waals surface area contributed by atoms with Crippen LogP contribution in [0.2, 0.25) is 0 Å². The van der Waals surface area contributed by atoms with Crippen LogP contribution in [0.5, 0.6) is 5.75 Å². The van der Waals surface area contributed by atoms with Crippen LogP contribution in [0.15, 0.2) is 94.5 Å². The van der Waals surface area contributed by atoms with Crippen molar-refractivity contribution in [2.24, 2.45) is 26.7 Å². The van der Waals surface area contributed by atoms with E-state index in [-0.39, 0.29) is 17.9 Å². The molecule has 4 heteroatoms. The molecule has 4 aliphatic rings. The number of hydrogen-bond donors (Lipinski definition) is 1. The maximum Gasteiger partial charge on any atom is 0.131 e. The van der Waals surface area contributed by atoms with Gasteiger partial charge in [-0.2, -0.15) is 11.4 Å². The summed E-state index contributed by atoms with van der Waals surface area (Å²) in [6.45, 7) is 10.9. The Bertz CT molecular complexity index is 1430. The largest absolute Gasteiger partial charge is 0.665 e. The van der Waals surface area contributed by atoms with Gasteiger partial charge in [0.15, 0.2) is 0 Å². The standard InChI is InChI=1S/C18H14O.C10H15N.C6H8N.C5H10.Mo/c19-18-16(14-8-3-1-4-9-14)12-7-13-17(18)15-10-5-2-6-11-15;11-10-4-7-1-8(5-10)3-9(2-7)6-10;1-5-3-4-6(2)7-5;1-5(2,3)4;/h1-13,19H;7-9H,1-6H2;3-4H,1-2H3;1H,2-4H3;/q;;-1;;. The summed E-state index contributed by atoms with van der Waals surface area (Å²) >= 11 is -0.214. The maximum absolute atomic E-state index is 10.5. The van der Waals surface area contributed by atoms with Gasteiger partial charge in [0.2, 0.25) is 0 Å². The molecule has 0 amide bonds. The molecule has 4 aromatic rings. The second kappa shape index (κ2) is 13.8. The number of benzene rings is 3. The summed E-state index contributed by atoms with van der Waals surface area (Å²) in [5.74, 6) is 3.48. The minimum Gasteiger partial charge on any atom is -0.665 e. The van der Waals surface area contributed by atoms with E-state index in [1.807, 2.05) is 105 Å². The number of aryl methyl sites for hydroxylation is 2. The Balaban J connectivity index is 0.000000141. The average Bonchev–Trinajstić information content (AvgIpc) is 3.35. The van der Waals surface area contributed by atoms with Gasteiger partial charge in [-0.3, -0.25) is 0 Å². The minimum atomic E-state index is -0.214. The Kier molecular flexibility index (Phi) is 10.1. The van der Waals surface area contributed by atoms with E-state index in [2.05, 4.69) is 30.2 Å². The van der Waals surface area contributed by atoms with Crippen molar-refractivity contribution in [1.82, 2.24) is 4.98 Å². The molecule has 0 radical (unpaired) electrons. The van der Waals surface area contributed by atoms with E-state index < -0.39 is 0 Å². The van der Waals surface area contributed by atoms with Gasteiger partial charge in [0.1, 0.15) is 5.75 Å². The molecule has 0 atom stereocenters. The number of aromatic nitrogens is 1. The minimum absolute atomic E-state index is 0.214. The van der Waals surface area contributed by atoms with Crippen molar-refractivity contribution in [3.05, 3.63) is 102 Å². The van der Waals surface area contributed by atoms with Gasteiger partial charge in [-0.05, 0) is 11.1 Å². The van der Waals surface area contributed by atoms with Gasteiger partial charge in [0, 0.05) is 11.1 Å². The monoisotopic (exact) mass is 657 g/mol. The average molecular weight is 656 g/mol. The fourth-order valence-corrected chi connectivity index (χ4v) is 9.32. The molecule has 0 saturated heterocycles. The van der Waals surface area contributed by atoms with Gasteiger partial charge in [-0.25, -0.2) is 0 Å². The van der Waals surface area contributed by atoms with Crippen LogP contribution in [0.4, 0.5) is 0 Å². The van der Waals surface area contributed by atoms with Crippen molar-refractivity contribution in [2.45, 2.75) is 78.7 Å². The first-order valence-corrected chi connectivity index (χ1v) is 17.9. The molecule has 0 unspecified atom stereocenters. The molecule has 226 valence electrons. The Morgan fingerprint density at radius 1 is 0.698 bits per heavy atom. The fourth-order valence-electron chi connectivity index (χ4n) is 7.31. The van der Waals surface area contributed by atoms with Crippen LogP contribution in [-0.4, -0.2) is 15.0 Å². The third kappa shape index (κ3) is 8.60. The smallest absolute Gasteiger partial charge is 0.131 e. The zero-order valence-corrected chi connectivity index (χ0v) is 28.5. The van der Waals surface area contributed by atoms with Crippen LogP contribution in [0.1, 0.15) is 70.7 Å². The van der Waals surface area contributed by atoms with Gasteiger partial charge in [-0.1, -0.05) is 105 Å². The molecule has 0 spiro atoms. The van der Waals surface area contributed by atoms with E-state index in [4.69, 9.17) is 3.50 Å². The fraction of sp³-hybridized carbons (Fsp3) is 0.410. The Labute approximate surface area is 267 Å². The Morgan fingerprint density at radius 2 is 1.14 bits per heavy atom. The van der Waals surface area contributed by atoms with Crippen LogP contribution in [0.3, 0.4) is 0 Å². The molecule has 43 heavy (non-hydrogen) atoms. The molecular formula is C39H47MoN2O-. The van der Waals surface area contributed by atoms with Crippen molar-refractivity contribution in [1.29, 1.82) is 0 Å². The maximum atomic E-state index is 10.5. The van der Waals surface area contributed by atoms with Crippen molar-refractivity contribution >= 4 is 4.40 Å². The van der Waals surface area contributed by atoms with Crippen molar-refractivity contribution in [2.75, 3.05) is 0 Å². The predicted molar refractivity (Wildman–Crippen MR) is 177 cm³/mol. The zero-order chi connectivity index (χ0) is 30.5. The molecule has 4 bridgehead atoms. The normalized spacial score (nSPS) is 23.3. The molecule has 3 nitrogen and oxygen atoms in total. The molecular weight excluding hydrogens is 608 g/mol. The van der Waals surface area contributed by atoms with Crippen molar-refractivity contribution in [3.63, 3.8) is 0 Å². The Morgan fingerprint density at radius 3 is 1.51 bits per heavy atom. The third-order valence-electron chi connectivity index (χ3n) is 8.78. The summed E-state index contributed by atoms with van der Waals surface area (Å²) in [5, 5.41) is 10.5. The van der Waals surface area contributed by atoms with Crippen LogP contribution in [-0.2, 0) is 17.9 Å². The summed E-state index contributed by atoms with van der Waals surface area (Å²) in [4.78, 5) is 4.11. The second-order valence-corrected chi connectivity index (χ2v) is 15.5. The van der Waals surface area contributed by atoms with Gasteiger partial charge < -0.3 is 10.1 Å². The molecule has 0 aliphatic heterocycles. The van der Waals surface area contributed by atoms with Crippen LogP contribution >= 0.6 is 0 Å². The molecule has 8 rings (SSSR count). The first kappa shape index (κ1) is 31.5. The summed E-state index contributed by atoms with van der Waals surface area (Å²) in [6.07, 6.45) is 8.96. The number of aromatic hydroxyl groups is 1. The molecule has 4 fully saturated rings. The first-order valence-electron chi connectivity index (χ1n) is 15.8. The molecule has 1 N–H and O–H groups in total. The van der Waals surface area contributed by atoms with Gasteiger partial charge in [-0.15, -0.1) is 0 Å². The molecule has 1 heterocycles. The van der Waals surface area contributed by atoms with E-state index >= 15 is 0 Å². The van der Waals surface area contributed by atoms with Gasteiger partial charge >= 0.3 is 114 Å². The number of rotatable bonds is 3. The van der Waals surface area contributed by atoms with Crippen LogP contribution in [0, 0.1) is 37.0 Å². The zero-order valence-electron chi connectivity index (χ0n) is 26.5. The van der Waals surface area contributed by atoms with E-state index in [1.165, 1.54) is 38.5 Å². The molecule has 4 saturated carbocycles. The third-order valence-corrected chi connectivity index (χ3v) is 12.0. The summed E-state index contributed by atoms with van der Waals surface area (Å²) in [7, 11) is 0. The van der Waals surface area contributed by atoms with Crippen LogP contribution in [0.25, 0.3) is 22.3 Å². The molecule has 1 aromatic heterocycles. The first-order chi connectivity index (χ1) is 20.6. The summed E-state index contributed by atoms with van der Waals surface area (Å²) in [5.41, 5.74) is 6.85. The second-order valence-electron chi connectivity index (χ2n) is 14.0. The van der Waals surface area contributed by atoms with E-state index in [9.17, 15) is 5.11 Å². The number of nitrogens with zero attached hydrogens (tertiary/aromatic N) is 2. The van der Waals surface area contributed by atoms with Gasteiger partial charge in [0.05, 0.1) is 0 Å². The number of para-hydroxylation sites is 1. The number of phenols is 1. The number of phenolic OH excluding ortho intramolecular Hbond substituents is 1. The number of hydrogen-bond acceptors (Lipinski definition) is 2. The Hall–Kier alpha value is -2.90.